The predicted molar refractivity (Wildman–Crippen MR) is 76.7 cm³/mol. The van der Waals surface area contributed by atoms with Crippen LogP contribution in [0.15, 0.2) is 55.1 Å². The van der Waals surface area contributed by atoms with E-state index in [4.69, 9.17) is 0 Å². The third-order valence-corrected chi connectivity index (χ3v) is 3.26. The summed E-state index contributed by atoms with van der Waals surface area (Å²) in [6, 6.07) is 8.88. The molecule has 0 aliphatic carbocycles. The van der Waals surface area contributed by atoms with Crippen molar-refractivity contribution in [2.45, 2.75) is 6.04 Å². The Labute approximate surface area is 121 Å². The quantitative estimate of drug-likeness (QED) is 0.753. The summed E-state index contributed by atoms with van der Waals surface area (Å²) in [5, 5.41) is 16.4. The van der Waals surface area contributed by atoms with Gasteiger partial charge in [0.1, 0.15) is 0 Å². The second-order valence-corrected chi connectivity index (χ2v) is 4.58. The van der Waals surface area contributed by atoms with Gasteiger partial charge in [-0.15, -0.1) is 0 Å². The SMILES string of the molecule is O=C(N[C@H](CO)c1ccccc1)c1cnn2ccncc12. The third-order valence-electron chi connectivity index (χ3n) is 3.26. The van der Waals surface area contributed by atoms with E-state index in [9.17, 15) is 9.90 Å². The summed E-state index contributed by atoms with van der Waals surface area (Å²) in [6.07, 6.45) is 6.35. The number of aliphatic hydroxyl groups is 1. The van der Waals surface area contributed by atoms with Crippen LogP contribution in [-0.4, -0.2) is 32.2 Å². The van der Waals surface area contributed by atoms with Crippen molar-refractivity contribution < 1.29 is 9.90 Å². The normalized spacial score (nSPS) is 12.2. The molecule has 6 heteroatoms. The topological polar surface area (TPSA) is 79.5 Å². The standard InChI is InChI=1S/C15H14N4O2/c20-10-13(11-4-2-1-3-5-11)18-15(21)12-8-17-19-7-6-16-9-14(12)19/h1-9,13,20H,10H2,(H,18,21)/t13-/m1/s1. The molecule has 3 aromatic rings. The lowest BCUT2D eigenvalue weighted by molar-refractivity contribution is 0.0918. The molecule has 0 spiro atoms. The van der Waals surface area contributed by atoms with Gasteiger partial charge in [-0.05, 0) is 5.56 Å². The first-order chi connectivity index (χ1) is 10.3. The van der Waals surface area contributed by atoms with Crippen LogP contribution in [0, 0.1) is 0 Å². The fraction of sp³-hybridized carbons (Fsp3) is 0.133. The molecule has 1 aromatic carbocycles. The number of hydrogen-bond donors (Lipinski definition) is 2. The molecule has 106 valence electrons. The monoisotopic (exact) mass is 282 g/mol. The Kier molecular flexibility index (Phi) is 3.61. The van der Waals surface area contributed by atoms with Crippen molar-refractivity contribution in [3.05, 3.63) is 66.2 Å². The van der Waals surface area contributed by atoms with Gasteiger partial charge in [-0.25, -0.2) is 4.52 Å². The molecule has 6 nitrogen and oxygen atoms in total. The van der Waals surface area contributed by atoms with Crippen LogP contribution < -0.4 is 5.32 Å². The second kappa shape index (κ2) is 5.72. The smallest absolute Gasteiger partial charge is 0.255 e. The van der Waals surface area contributed by atoms with Gasteiger partial charge in [0, 0.05) is 12.4 Å². The highest BCUT2D eigenvalue weighted by Crippen LogP contribution is 2.14. The molecule has 1 amide bonds. The summed E-state index contributed by atoms with van der Waals surface area (Å²) in [6.45, 7) is -0.173. The molecular formula is C15H14N4O2. The lowest BCUT2D eigenvalue weighted by Gasteiger charge is -2.16. The molecule has 1 atom stereocenters. The maximum atomic E-state index is 12.4. The molecule has 0 aliphatic rings. The minimum Gasteiger partial charge on any atom is -0.394 e. The van der Waals surface area contributed by atoms with E-state index in [2.05, 4.69) is 15.4 Å². The molecule has 0 saturated carbocycles. The molecule has 3 rings (SSSR count). The van der Waals surface area contributed by atoms with Gasteiger partial charge in [-0.2, -0.15) is 5.10 Å². The first-order valence-electron chi connectivity index (χ1n) is 6.53. The van der Waals surface area contributed by atoms with Crippen LogP contribution in [0.1, 0.15) is 22.0 Å². The number of carbonyl (C=O) groups excluding carboxylic acids is 1. The Morgan fingerprint density at radius 2 is 2.10 bits per heavy atom. The summed E-state index contributed by atoms with van der Waals surface area (Å²) in [7, 11) is 0. The summed E-state index contributed by atoms with van der Waals surface area (Å²) in [4.78, 5) is 16.4. The maximum absolute atomic E-state index is 12.4. The molecule has 0 aliphatic heterocycles. The maximum Gasteiger partial charge on any atom is 0.255 e. The van der Waals surface area contributed by atoms with E-state index in [1.807, 2.05) is 30.3 Å². The highest BCUT2D eigenvalue weighted by Gasteiger charge is 2.17. The van der Waals surface area contributed by atoms with Crippen LogP contribution in [0.2, 0.25) is 0 Å². The molecule has 2 aromatic heterocycles. The van der Waals surface area contributed by atoms with Crippen molar-refractivity contribution in [3.8, 4) is 0 Å². The molecule has 0 radical (unpaired) electrons. The Morgan fingerprint density at radius 1 is 1.29 bits per heavy atom. The van der Waals surface area contributed by atoms with E-state index >= 15 is 0 Å². The van der Waals surface area contributed by atoms with E-state index in [1.165, 1.54) is 6.20 Å². The number of carbonyl (C=O) groups is 1. The number of nitrogens with one attached hydrogen (secondary N) is 1. The molecule has 2 heterocycles. The zero-order valence-corrected chi connectivity index (χ0v) is 11.2. The van der Waals surface area contributed by atoms with Crippen LogP contribution in [0.5, 0.6) is 0 Å². The summed E-state index contributed by atoms with van der Waals surface area (Å²) < 4.78 is 1.58. The van der Waals surface area contributed by atoms with E-state index in [0.29, 0.717) is 11.1 Å². The van der Waals surface area contributed by atoms with Crippen LogP contribution >= 0.6 is 0 Å². The Hall–Kier alpha value is -2.73. The molecule has 0 unspecified atom stereocenters. The fourth-order valence-corrected chi connectivity index (χ4v) is 2.17. The Bertz CT molecular complexity index is 754. The van der Waals surface area contributed by atoms with Gasteiger partial charge in [0.25, 0.3) is 5.91 Å². The van der Waals surface area contributed by atoms with Crippen molar-refractivity contribution in [1.82, 2.24) is 19.9 Å². The van der Waals surface area contributed by atoms with Crippen LogP contribution in [0.25, 0.3) is 5.52 Å². The summed E-state index contributed by atoms with van der Waals surface area (Å²) in [5.41, 5.74) is 1.90. The first kappa shape index (κ1) is 13.3. The molecular weight excluding hydrogens is 268 g/mol. The number of aliphatic hydroxyl groups excluding tert-OH is 1. The van der Waals surface area contributed by atoms with Gasteiger partial charge in [0.2, 0.25) is 0 Å². The van der Waals surface area contributed by atoms with Crippen molar-refractivity contribution in [2.75, 3.05) is 6.61 Å². The Morgan fingerprint density at radius 3 is 2.86 bits per heavy atom. The average molecular weight is 282 g/mol. The van der Waals surface area contributed by atoms with Crippen molar-refractivity contribution in [3.63, 3.8) is 0 Å². The molecule has 0 saturated heterocycles. The zero-order chi connectivity index (χ0) is 14.7. The van der Waals surface area contributed by atoms with Crippen LogP contribution in [0.4, 0.5) is 0 Å². The number of rotatable bonds is 4. The summed E-state index contributed by atoms with van der Waals surface area (Å²) in [5.74, 6) is -0.291. The van der Waals surface area contributed by atoms with Gasteiger partial charge in [-0.3, -0.25) is 9.78 Å². The van der Waals surface area contributed by atoms with Crippen LogP contribution in [-0.2, 0) is 0 Å². The van der Waals surface area contributed by atoms with Crippen molar-refractivity contribution >= 4 is 11.4 Å². The van der Waals surface area contributed by atoms with E-state index in [0.717, 1.165) is 5.56 Å². The number of amides is 1. The highest BCUT2D eigenvalue weighted by atomic mass is 16.3. The third kappa shape index (κ3) is 2.61. The number of nitrogens with zero attached hydrogens (tertiary/aromatic N) is 3. The van der Waals surface area contributed by atoms with Gasteiger partial charge in [0.15, 0.2) is 0 Å². The van der Waals surface area contributed by atoms with Gasteiger partial charge in [-0.1, -0.05) is 30.3 Å². The number of hydrogen-bond acceptors (Lipinski definition) is 4. The second-order valence-electron chi connectivity index (χ2n) is 4.58. The fourth-order valence-electron chi connectivity index (χ4n) is 2.17. The minimum atomic E-state index is -0.453. The number of aromatic nitrogens is 3. The number of benzene rings is 1. The van der Waals surface area contributed by atoms with E-state index in [-0.39, 0.29) is 12.5 Å². The van der Waals surface area contributed by atoms with Gasteiger partial charge in [0.05, 0.1) is 36.1 Å². The Balaban J connectivity index is 1.85. The minimum absolute atomic E-state index is 0.173. The van der Waals surface area contributed by atoms with E-state index in [1.54, 1.807) is 23.1 Å². The number of fused-ring (bicyclic) bond motifs is 1. The first-order valence-corrected chi connectivity index (χ1v) is 6.53. The van der Waals surface area contributed by atoms with Crippen LogP contribution in [0.3, 0.4) is 0 Å². The van der Waals surface area contributed by atoms with Gasteiger partial charge >= 0.3 is 0 Å². The van der Waals surface area contributed by atoms with Crippen molar-refractivity contribution in [2.24, 2.45) is 0 Å². The van der Waals surface area contributed by atoms with E-state index < -0.39 is 6.04 Å². The van der Waals surface area contributed by atoms with Crippen molar-refractivity contribution in [1.29, 1.82) is 0 Å². The molecule has 0 fully saturated rings. The summed E-state index contributed by atoms with van der Waals surface area (Å²) >= 11 is 0. The lowest BCUT2D eigenvalue weighted by atomic mass is 10.1. The zero-order valence-electron chi connectivity index (χ0n) is 11.2. The highest BCUT2D eigenvalue weighted by molar-refractivity contribution is 6.00. The lowest BCUT2D eigenvalue weighted by Crippen LogP contribution is -2.30. The molecule has 0 bridgehead atoms. The molecule has 21 heavy (non-hydrogen) atoms. The largest absolute Gasteiger partial charge is 0.394 e. The molecule has 2 N–H and O–H groups in total. The average Bonchev–Trinajstić information content (AvgIpc) is 2.97. The van der Waals surface area contributed by atoms with Gasteiger partial charge < -0.3 is 10.4 Å². The predicted octanol–water partition coefficient (Wildman–Crippen LogP) is 1.19.